The summed E-state index contributed by atoms with van der Waals surface area (Å²) in [5, 5.41) is 18.4. The van der Waals surface area contributed by atoms with Gasteiger partial charge >= 0.3 is 6.09 Å². The molecule has 43 heavy (non-hydrogen) atoms. The van der Waals surface area contributed by atoms with Gasteiger partial charge in [0.05, 0.1) is 17.5 Å². The van der Waals surface area contributed by atoms with Crippen molar-refractivity contribution in [3.05, 3.63) is 95.4 Å². The number of nitrogens with one attached hydrogen (secondary N) is 1. The van der Waals surface area contributed by atoms with Crippen molar-refractivity contribution >= 4 is 23.3 Å². The highest BCUT2D eigenvalue weighted by molar-refractivity contribution is 5.91. The zero-order valence-corrected chi connectivity index (χ0v) is 24.9. The molecule has 2 saturated heterocycles. The number of carbonyl (C=O) groups excluding carboxylic acids is 2. The molecular weight excluding hydrogens is 544 g/mol. The fourth-order valence-electron chi connectivity index (χ4n) is 6.26. The van der Waals surface area contributed by atoms with E-state index in [-0.39, 0.29) is 49.3 Å². The Balaban J connectivity index is 1.10. The van der Waals surface area contributed by atoms with Gasteiger partial charge < -0.3 is 25.0 Å². The third kappa shape index (κ3) is 5.92. The Morgan fingerprint density at radius 2 is 1.79 bits per heavy atom. The number of β-amino-alcohol motifs (C(OH)–C–C–N with tert-alkyl or cyclic N) is 1. The summed E-state index contributed by atoms with van der Waals surface area (Å²) in [5.41, 5.74) is 3.70. The molecule has 224 valence electrons. The number of carbonyl (C=O) groups is 2. The Labute approximate surface area is 251 Å². The minimum Gasteiger partial charge on any atom is -0.445 e. The van der Waals surface area contributed by atoms with Crippen molar-refractivity contribution in [3.63, 3.8) is 0 Å². The number of amides is 2. The molecule has 0 radical (unpaired) electrons. The van der Waals surface area contributed by atoms with E-state index in [9.17, 15) is 14.7 Å². The van der Waals surface area contributed by atoms with E-state index in [1.165, 1.54) is 5.56 Å². The number of alkyl carbamates (subject to hydrolysis) is 1. The molecule has 0 spiro atoms. The molecule has 4 aromatic rings. The van der Waals surface area contributed by atoms with Crippen LogP contribution in [0.15, 0.2) is 72.9 Å². The molecular formula is C33H38N6O4. The van der Waals surface area contributed by atoms with Crippen LogP contribution < -0.4 is 10.2 Å². The lowest BCUT2D eigenvalue weighted by atomic mass is 9.82. The predicted octanol–water partition coefficient (Wildman–Crippen LogP) is 3.96. The Morgan fingerprint density at radius 3 is 2.53 bits per heavy atom. The van der Waals surface area contributed by atoms with Gasteiger partial charge in [0.1, 0.15) is 6.61 Å². The summed E-state index contributed by atoms with van der Waals surface area (Å²) in [6.07, 6.45) is 2.42. The minimum atomic E-state index is -1.19. The molecule has 2 N–H and O–H groups in total. The second-order valence-electron chi connectivity index (χ2n) is 12.4. The van der Waals surface area contributed by atoms with Crippen molar-refractivity contribution in [1.29, 1.82) is 0 Å². The Bertz CT molecular complexity index is 1620. The van der Waals surface area contributed by atoms with Crippen molar-refractivity contribution in [3.8, 4) is 0 Å². The van der Waals surface area contributed by atoms with Crippen LogP contribution in [0.3, 0.4) is 0 Å². The topological polar surface area (TPSA) is 112 Å². The van der Waals surface area contributed by atoms with Gasteiger partial charge in [-0.1, -0.05) is 67.6 Å². The van der Waals surface area contributed by atoms with Crippen molar-refractivity contribution in [1.82, 2.24) is 24.8 Å². The van der Waals surface area contributed by atoms with E-state index in [1.54, 1.807) is 16.3 Å². The number of pyridine rings is 1. The molecule has 2 unspecified atom stereocenters. The lowest BCUT2D eigenvalue weighted by Crippen LogP contribution is -2.41. The number of likely N-dealkylation sites (tertiary alicyclic amines) is 1. The summed E-state index contributed by atoms with van der Waals surface area (Å²) in [5.74, 6) is -0.639. The number of fused-ring (bicyclic) bond motifs is 1. The van der Waals surface area contributed by atoms with Crippen molar-refractivity contribution in [2.24, 2.45) is 5.92 Å². The van der Waals surface area contributed by atoms with E-state index in [2.05, 4.69) is 57.6 Å². The first-order chi connectivity index (χ1) is 20.6. The minimum absolute atomic E-state index is 0.0599. The summed E-state index contributed by atoms with van der Waals surface area (Å²) >= 11 is 0. The van der Waals surface area contributed by atoms with Gasteiger partial charge in [-0.15, -0.1) is 5.10 Å². The average molecular weight is 583 g/mol. The fourth-order valence-corrected chi connectivity index (χ4v) is 6.26. The molecule has 6 rings (SSSR count). The molecule has 2 aromatic carbocycles. The molecule has 0 aliphatic carbocycles. The number of benzene rings is 2. The first kappa shape index (κ1) is 28.7. The number of ether oxygens (including phenoxy) is 1. The second-order valence-corrected chi connectivity index (χ2v) is 12.4. The lowest BCUT2D eigenvalue weighted by Gasteiger charge is -2.26. The molecule has 2 amide bonds. The summed E-state index contributed by atoms with van der Waals surface area (Å²) in [7, 11) is 0. The highest BCUT2D eigenvalue weighted by Crippen LogP contribution is 2.37. The first-order valence-corrected chi connectivity index (χ1v) is 14.7. The van der Waals surface area contributed by atoms with E-state index < -0.39 is 11.7 Å². The maximum absolute atomic E-state index is 13.5. The number of nitrogens with zero attached hydrogens (tertiary/aromatic N) is 5. The normalized spacial score (nSPS) is 23.6. The number of anilines is 1. The number of rotatable bonds is 7. The molecule has 2 aromatic heterocycles. The third-order valence-electron chi connectivity index (χ3n) is 8.93. The molecule has 4 heterocycles. The lowest BCUT2D eigenvalue weighted by molar-refractivity contribution is 0.0292. The summed E-state index contributed by atoms with van der Waals surface area (Å²) < 4.78 is 6.97. The van der Waals surface area contributed by atoms with Crippen LogP contribution in [0.5, 0.6) is 0 Å². The monoisotopic (exact) mass is 582 g/mol. The summed E-state index contributed by atoms with van der Waals surface area (Å²) in [6, 6.07) is 22.1. The maximum atomic E-state index is 13.5. The molecule has 2 aliphatic heterocycles. The van der Waals surface area contributed by atoms with Crippen LogP contribution in [0.2, 0.25) is 0 Å². The highest BCUT2D eigenvalue weighted by Gasteiger charge is 2.44. The van der Waals surface area contributed by atoms with Gasteiger partial charge in [-0.2, -0.15) is 0 Å². The Kier molecular flexibility index (Phi) is 7.56. The fraction of sp³-hybridized carbons (Fsp3) is 0.394. The summed E-state index contributed by atoms with van der Waals surface area (Å²) in [6.45, 7) is 8.48. The number of hydrogen-bond donors (Lipinski definition) is 2. The van der Waals surface area contributed by atoms with Crippen LogP contribution in [0.1, 0.15) is 47.6 Å². The van der Waals surface area contributed by atoms with E-state index in [4.69, 9.17) is 4.74 Å². The van der Waals surface area contributed by atoms with Crippen LogP contribution in [-0.4, -0.2) is 74.9 Å². The third-order valence-corrected chi connectivity index (χ3v) is 8.93. The van der Waals surface area contributed by atoms with Gasteiger partial charge in [-0.05, 0) is 43.0 Å². The van der Waals surface area contributed by atoms with Crippen molar-refractivity contribution in [2.45, 2.75) is 44.8 Å². The highest BCUT2D eigenvalue weighted by atomic mass is 16.5. The first-order valence-electron chi connectivity index (χ1n) is 14.7. The quantitative estimate of drug-likeness (QED) is 0.339. The number of hydrogen-bond acceptors (Lipinski definition) is 7. The Morgan fingerprint density at radius 1 is 1.07 bits per heavy atom. The van der Waals surface area contributed by atoms with Crippen LogP contribution in [0.25, 0.3) is 5.65 Å². The van der Waals surface area contributed by atoms with E-state index >= 15 is 0 Å². The van der Waals surface area contributed by atoms with Gasteiger partial charge in [0.2, 0.25) is 5.82 Å². The SMILES string of the molecule is Cc1cc(N2CC[C@](C)(c3ccccc3)C2)cn2nc(C(=O)N3CC(CNC(=O)OCc4ccccc4)C(C)(O)C3)nc12. The van der Waals surface area contributed by atoms with Crippen LogP contribution >= 0.6 is 0 Å². The zero-order chi connectivity index (χ0) is 30.2. The molecule has 10 nitrogen and oxygen atoms in total. The van der Waals surface area contributed by atoms with E-state index in [0.717, 1.165) is 36.3 Å². The van der Waals surface area contributed by atoms with Crippen LogP contribution in [-0.2, 0) is 16.8 Å². The van der Waals surface area contributed by atoms with Crippen molar-refractivity contribution < 1.29 is 19.4 Å². The largest absolute Gasteiger partial charge is 0.445 e. The molecule has 0 bridgehead atoms. The number of aliphatic hydroxyl groups is 1. The average Bonchev–Trinajstić information content (AvgIpc) is 3.71. The zero-order valence-electron chi connectivity index (χ0n) is 24.9. The molecule has 2 fully saturated rings. The van der Waals surface area contributed by atoms with E-state index in [0.29, 0.717) is 5.65 Å². The molecule has 2 aliphatic rings. The number of aromatic nitrogens is 3. The van der Waals surface area contributed by atoms with Gasteiger partial charge in [-0.3, -0.25) is 4.79 Å². The smallest absolute Gasteiger partial charge is 0.407 e. The van der Waals surface area contributed by atoms with Gasteiger partial charge in [0.25, 0.3) is 5.91 Å². The second kappa shape index (κ2) is 11.3. The van der Waals surface area contributed by atoms with Gasteiger partial charge in [0, 0.05) is 44.1 Å². The molecule has 0 saturated carbocycles. The summed E-state index contributed by atoms with van der Waals surface area (Å²) in [4.78, 5) is 34.2. The van der Waals surface area contributed by atoms with Gasteiger partial charge in [0.15, 0.2) is 5.65 Å². The maximum Gasteiger partial charge on any atom is 0.407 e. The number of aryl methyl sites for hydroxylation is 1. The molecule has 3 atom stereocenters. The van der Waals surface area contributed by atoms with Crippen molar-refractivity contribution in [2.75, 3.05) is 37.6 Å². The Hall–Kier alpha value is -4.44. The standard InChI is InChI=1S/C33H38N6O4/c1-23-16-27(37-15-14-32(2,21-37)25-12-8-5-9-13-25)19-39-29(23)35-28(36-39)30(40)38-18-26(33(3,42)22-38)17-34-31(41)43-20-24-10-6-4-7-11-24/h4-13,16,19,26,42H,14-15,17-18,20-22H2,1-3H3,(H,34,41)/t26?,32-,33?/m0/s1. The van der Waals surface area contributed by atoms with Gasteiger partial charge in [-0.25, -0.2) is 14.3 Å². The van der Waals surface area contributed by atoms with Crippen LogP contribution in [0, 0.1) is 12.8 Å². The van der Waals surface area contributed by atoms with E-state index in [1.807, 2.05) is 49.5 Å². The molecule has 10 heteroatoms. The van der Waals surface area contributed by atoms with Crippen LogP contribution in [0.4, 0.5) is 10.5 Å². The predicted molar refractivity (Wildman–Crippen MR) is 163 cm³/mol.